The number of nitrogens with zero attached hydrogens (tertiary/aromatic N) is 1. The molecule has 0 radical (unpaired) electrons. The Bertz CT molecular complexity index is 906. The summed E-state index contributed by atoms with van der Waals surface area (Å²) in [5, 5.41) is 11.8. The summed E-state index contributed by atoms with van der Waals surface area (Å²) in [6.45, 7) is 12.3. The third-order valence-corrected chi connectivity index (χ3v) is 5.17. The largest absolute Gasteiger partial charge is 0.490 e. The minimum Gasteiger partial charge on any atom is -0.490 e. The maximum Gasteiger partial charge on any atom is 0.129 e. The quantitative estimate of drug-likeness (QED) is 0.617. The summed E-state index contributed by atoms with van der Waals surface area (Å²) in [4.78, 5) is 5.55. The van der Waals surface area contributed by atoms with Gasteiger partial charge in [-0.3, -0.25) is 4.90 Å². The van der Waals surface area contributed by atoms with Crippen molar-refractivity contribution in [3.05, 3.63) is 65.4 Å². The first-order valence-corrected chi connectivity index (χ1v) is 9.92. The van der Waals surface area contributed by atoms with E-state index in [1.807, 2.05) is 24.4 Å². The number of hydrogen-bond donors (Lipinski definition) is 2. The van der Waals surface area contributed by atoms with Crippen LogP contribution in [-0.2, 0) is 6.54 Å². The van der Waals surface area contributed by atoms with Crippen molar-refractivity contribution in [1.29, 1.82) is 0 Å². The lowest BCUT2D eigenvalue weighted by molar-refractivity contribution is 0.0288. The first-order chi connectivity index (χ1) is 13.2. The Balaban J connectivity index is 1.65. The first-order valence-electron chi connectivity index (χ1n) is 9.92. The van der Waals surface area contributed by atoms with Gasteiger partial charge in [0.15, 0.2) is 0 Å². The number of aromatic nitrogens is 1. The molecule has 2 aromatic carbocycles. The number of ether oxygens (including phenoxy) is 1. The number of aliphatic hydroxyl groups is 1. The lowest BCUT2D eigenvalue weighted by Crippen LogP contribution is -2.46. The lowest BCUT2D eigenvalue weighted by Gasteiger charge is -2.37. The van der Waals surface area contributed by atoms with Gasteiger partial charge in [-0.15, -0.1) is 0 Å². The summed E-state index contributed by atoms with van der Waals surface area (Å²) in [6, 6.07) is 14.6. The van der Waals surface area contributed by atoms with Gasteiger partial charge in [0.05, 0.1) is 0 Å². The number of aryl methyl sites for hydroxylation is 2. The fourth-order valence-electron chi connectivity index (χ4n) is 3.42. The molecule has 0 fully saturated rings. The van der Waals surface area contributed by atoms with Crippen LogP contribution in [0.3, 0.4) is 0 Å². The Morgan fingerprint density at radius 2 is 1.79 bits per heavy atom. The van der Waals surface area contributed by atoms with E-state index in [0.717, 1.165) is 28.8 Å². The van der Waals surface area contributed by atoms with Crippen LogP contribution in [0.4, 0.5) is 0 Å². The van der Waals surface area contributed by atoms with E-state index in [-0.39, 0.29) is 12.1 Å². The zero-order chi connectivity index (χ0) is 20.3. The highest BCUT2D eigenvalue weighted by Crippen LogP contribution is 2.28. The molecule has 0 saturated heterocycles. The van der Waals surface area contributed by atoms with Gasteiger partial charge in [0.25, 0.3) is 0 Å². The van der Waals surface area contributed by atoms with E-state index in [1.165, 1.54) is 11.1 Å². The molecule has 0 spiro atoms. The Hall–Kier alpha value is -2.30. The van der Waals surface area contributed by atoms with E-state index < -0.39 is 6.10 Å². The second kappa shape index (κ2) is 8.38. The zero-order valence-electron chi connectivity index (χ0n) is 17.6. The summed E-state index contributed by atoms with van der Waals surface area (Å²) >= 11 is 0. The van der Waals surface area contributed by atoms with Crippen LogP contribution < -0.4 is 4.74 Å². The predicted molar refractivity (Wildman–Crippen MR) is 116 cm³/mol. The first kappa shape index (κ1) is 20.4. The van der Waals surface area contributed by atoms with Crippen molar-refractivity contribution in [1.82, 2.24) is 9.88 Å². The van der Waals surface area contributed by atoms with E-state index >= 15 is 0 Å². The maximum absolute atomic E-state index is 10.7. The number of hydrogen-bond acceptors (Lipinski definition) is 3. The minimum atomic E-state index is -0.570. The van der Waals surface area contributed by atoms with Crippen LogP contribution in [0, 0.1) is 13.8 Å². The van der Waals surface area contributed by atoms with Crippen LogP contribution in [0.2, 0.25) is 0 Å². The van der Waals surface area contributed by atoms with Crippen molar-refractivity contribution in [2.45, 2.75) is 52.8 Å². The fraction of sp³-hybridized carbons (Fsp3) is 0.417. The van der Waals surface area contributed by atoms with Crippen molar-refractivity contribution < 1.29 is 9.84 Å². The second-order valence-corrected chi connectivity index (χ2v) is 8.65. The molecule has 2 N–H and O–H groups in total. The SMILES string of the molecule is Cc1ccc(CN(C[C@H](O)COc2cccc3[nH]cc(C)c23)C(C)(C)C)cc1. The third-order valence-electron chi connectivity index (χ3n) is 5.17. The summed E-state index contributed by atoms with van der Waals surface area (Å²) < 4.78 is 6.00. The summed E-state index contributed by atoms with van der Waals surface area (Å²) in [5.41, 5.74) is 4.66. The number of β-amino-alcohol motifs (C(OH)–C–C–N with tert-alkyl or cyclic N) is 1. The van der Waals surface area contributed by atoms with Crippen molar-refractivity contribution in [3.8, 4) is 5.75 Å². The smallest absolute Gasteiger partial charge is 0.129 e. The van der Waals surface area contributed by atoms with Crippen LogP contribution >= 0.6 is 0 Å². The molecule has 28 heavy (non-hydrogen) atoms. The van der Waals surface area contributed by atoms with E-state index in [2.05, 4.69) is 68.8 Å². The van der Waals surface area contributed by atoms with Gasteiger partial charge in [-0.2, -0.15) is 0 Å². The van der Waals surface area contributed by atoms with Gasteiger partial charge in [-0.05, 0) is 57.9 Å². The molecule has 1 heterocycles. The molecular formula is C24H32N2O2. The molecule has 0 aliphatic carbocycles. The number of H-pyrrole nitrogens is 1. The van der Waals surface area contributed by atoms with Crippen molar-refractivity contribution in [3.63, 3.8) is 0 Å². The number of nitrogens with one attached hydrogen (secondary N) is 1. The Labute approximate surface area is 168 Å². The number of aliphatic hydroxyl groups excluding tert-OH is 1. The van der Waals surface area contributed by atoms with Gasteiger partial charge in [0.2, 0.25) is 0 Å². The highest BCUT2D eigenvalue weighted by atomic mass is 16.5. The third kappa shape index (κ3) is 4.94. The molecule has 0 saturated carbocycles. The number of fused-ring (bicyclic) bond motifs is 1. The van der Waals surface area contributed by atoms with E-state index in [1.54, 1.807) is 0 Å². The summed E-state index contributed by atoms with van der Waals surface area (Å²) in [6.07, 6.45) is 1.41. The highest BCUT2D eigenvalue weighted by Gasteiger charge is 2.24. The van der Waals surface area contributed by atoms with Crippen LogP contribution in [0.1, 0.15) is 37.5 Å². The average molecular weight is 381 g/mol. The predicted octanol–water partition coefficient (Wildman–Crippen LogP) is 4.83. The van der Waals surface area contributed by atoms with Gasteiger partial charge in [-0.1, -0.05) is 35.9 Å². The fourth-order valence-corrected chi connectivity index (χ4v) is 3.42. The van der Waals surface area contributed by atoms with E-state index in [4.69, 9.17) is 4.74 Å². The molecule has 0 amide bonds. The van der Waals surface area contributed by atoms with Crippen LogP contribution in [-0.4, -0.2) is 39.8 Å². The van der Waals surface area contributed by atoms with Crippen LogP contribution in [0.15, 0.2) is 48.7 Å². The standard InChI is InChI=1S/C24H32N2O2/c1-17-9-11-19(12-10-17)14-26(24(3,4)5)15-20(27)16-28-22-8-6-7-21-23(22)18(2)13-25-21/h6-13,20,25,27H,14-16H2,1-5H3/t20-/m0/s1. The van der Waals surface area contributed by atoms with Gasteiger partial charge >= 0.3 is 0 Å². The molecule has 0 bridgehead atoms. The van der Waals surface area contributed by atoms with Gasteiger partial charge in [-0.25, -0.2) is 0 Å². The highest BCUT2D eigenvalue weighted by molar-refractivity contribution is 5.89. The summed E-state index contributed by atoms with van der Waals surface area (Å²) in [5.74, 6) is 0.816. The summed E-state index contributed by atoms with van der Waals surface area (Å²) in [7, 11) is 0. The molecule has 4 heteroatoms. The molecule has 0 aliphatic rings. The molecule has 150 valence electrons. The van der Waals surface area contributed by atoms with Crippen molar-refractivity contribution >= 4 is 10.9 Å². The molecular weight excluding hydrogens is 348 g/mol. The monoisotopic (exact) mass is 380 g/mol. The number of rotatable bonds is 7. The van der Waals surface area contributed by atoms with Gasteiger partial charge in [0.1, 0.15) is 18.5 Å². The molecule has 1 atom stereocenters. The topological polar surface area (TPSA) is 48.5 Å². The molecule has 4 nitrogen and oxygen atoms in total. The Kier molecular flexibility index (Phi) is 6.11. The Morgan fingerprint density at radius 1 is 1.07 bits per heavy atom. The van der Waals surface area contributed by atoms with Crippen LogP contribution in [0.5, 0.6) is 5.75 Å². The average Bonchev–Trinajstić information content (AvgIpc) is 3.02. The molecule has 1 aromatic heterocycles. The molecule has 3 aromatic rings. The molecule has 3 rings (SSSR count). The molecule has 0 unspecified atom stereocenters. The van der Waals surface area contributed by atoms with Gasteiger partial charge < -0.3 is 14.8 Å². The zero-order valence-corrected chi connectivity index (χ0v) is 17.6. The normalized spacial score (nSPS) is 13.2. The Morgan fingerprint density at radius 3 is 2.46 bits per heavy atom. The maximum atomic E-state index is 10.7. The van der Waals surface area contributed by atoms with E-state index in [0.29, 0.717) is 6.54 Å². The number of benzene rings is 2. The van der Waals surface area contributed by atoms with Crippen molar-refractivity contribution in [2.75, 3.05) is 13.2 Å². The van der Waals surface area contributed by atoms with E-state index in [9.17, 15) is 5.11 Å². The number of aromatic amines is 1. The minimum absolute atomic E-state index is 0.0525. The molecule has 0 aliphatic heterocycles. The van der Waals surface area contributed by atoms with Crippen LogP contribution in [0.25, 0.3) is 10.9 Å². The van der Waals surface area contributed by atoms with Gasteiger partial charge in [0, 0.05) is 35.7 Å². The second-order valence-electron chi connectivity index (χ2n) is 8.65. The lowest BCUT2D eigenvalue weighted by atomic mass is 10.0. The van der Waals surface area contributed by atoms with Crippen molar-refractivity contribution in [2.24, 2.45) is 0 Å².